The molecule has 1 atom stereocenters. The Bertz CT molecular complexity index is 635. The first kappa shape index (κ1) is 15.8. The Hall–Kier alpha value is -2.62. The molecule has 0 radical (unpaired) electrons. The number of nitrogens with one attached hydrogen (secondary N) is 1. The van der Waals surface area contributed by atoms with Crippen molar-refractivity contribution in [1.82, 2.24) is 0 Å². The molecule has 1 amide bonds. The lowest BCUT2D eigenvalue weighted by molar-refractivity contribution is -0.117. The lowest BCUT2D eigenvalue weighted by Crippen LogP contribution is -2.20. The van der Waals surface area contributed by atoms with E-state index in [2.05, 4.69) is 10.1 Å². The Kier molecular flexibility index (Phi) is 5.31. The summed E-state index contributed by atoms with van der Waals surface area (Å²) in [5.41, 5.74) is 2.11. The molecule has 0 spiro atoms. The van der Waals surface area contributed by atoms with Crippen LogP contribution in [0.4, 0.5) is 5.69 Å². The Balaban J connectivity index is 2.09. The largest absolute Gasteiger partial charge is 0.465 e. The summed E-state index contributed by atoms with van der Waals surface area (Å²) in [5, 5.41) is 2.88. The van der Waals surface area contributed by atoms with Gasteiger partial charge in [0.15, 0.2) is 0 Å². The van der Waals surface area contributed by atoms with Gasteiger partial charge >= 0.3 is 5.97 Å². The van der Waals surface area contributed by atoms with E-state index in [0.29, 0.717) is 11.3 Å². The molecule has 22 heavy (non-hydrogen) atoms. The standard InChI is InChI=1S/C18H19NO3/c1-3-16(13-7-5-4-6-8-13)17(20)19-15-11-9-14(10-12-15)18(21)22-2/h4-12,16H,3H2,1-2H3,(H,19,20). The molecule has 0 fully saturated rings. The van der Waals surface area contributed by atoms with Gasteiger partial charge < -0.3 is 10.1 Å². The van der Waals surface area contributed by atoms with Crippen LogP contribution in [-0.2, 0) is 9.53 Å². The van der Waals surface area contributed by atoms with Crippen molar-refractivity contribution in [3.63, 3.8) is 0 Å². The first-order chi connectivity index (χ1) is 10.7. The number of rotatable bonds is 5. The van der Waals surface area contributed by atoms with Crippen LogP contribution in [-0.4, -0.2) is 19.0 Å². The third-order valence-corrected chi connectivity index (χ3v) is 3.50. The Morgan fingerprint density at radius 2 is 1.68 bits per heavy atom. The number of ether oxygens (including phenoxy) is 1. The van der Waals surface area contributed by atoms with Crippen molar-refractivity contribution in [2.24, 2.45) is 0 Å². The van der Waals surface area contributed by atoms with Gasteiger partial charge in [0.1, 0.15) is 0 Å². The van der Waals surface area contributed by atoms with E-state index < -0.39 is 5.97 Å². The van der Waals surface area contributed by atoms with Crippen molar-refractivity contribution in [2.75, 3.05) is 12.4 Å². The fourth-order valence-corrected chi connectivity index (χ4v) is 2.29. The van der Waals surface area contributed by atoms with Gasteiger partial charge in [-0.05, 0) is 36.2 Å². The first-order valence-corrected chi connectivity index (χ1v) is 7.20. The van der Waals surface area contributed by atoms with E-state index in [-0.39, 0.29) is 11.8 Å². The van der Waals surface area contributed by atoms with Gasteiger partial charge in [0.25, 0.3) is 0 Å². The highest BCUT2D eigenvalue weighted by Gasteiger charge is 2.18. The number of benzene rings is 2. The van der Waals surface area contributed by atoms with E-state index in [1.54, 1.807) is 24.3 Å². The van der Waals surface area contributed by atoms with Gasteiger partial charge in [-0.2, -0.15) is 0 Å². The zero-order chi connectivity index (χ0) is 15.9. The van der Waals surface area contributed by atoms with Crippen LogP contribution >= 0.6 is 0 Å². The van der Waals surface area contributed by atoms with E-state index in [4.69, 9.17) is 0 Å². The SMILES string of the molecule is CCC(C(=O)Nc1ccc(C(=O)OC)cc1)c1ccccc1. The van der Waals surface area contributed by atoms with Crippen molar-refractivity contribution in [3.8, 4) is 0 Å². The fourth-order valence-electron chi connectivity index (χ4n) is 2.29. The number of esters is 1. The van der Waals surface area contributed by atoms with Crippen molar-refractivity contribution >= 4 is 17.6 Å². The number of anilines is 1. The number of carbonyl (C=O) groups is 2. The number of amides is 1. The molecule has 0 aliphatic heterocycles. The summed E-state index contributed by atoms with van der Waals surface area (Å²) >= 11 is 0. The molecule has 4 heteroatoms. The minimum atomic E-state index is -0.395. The second kappa shape index (κ2) is 7.41. The number of hydrogen-bond acceptors (Lipinski definition) is 3. The topological polar surface area (TPSA) is 55.4 Å². The highest BCUT2D eigenvalue weighted by atomic mass is 16.5. The van der Waals surface area contributed by atoms with Gasteiger partial charge in [0.05, 0.1) is 18.6 Å². The highest BCUT2D eigenvalue weighted by molar-refractivity contribution is 5.96. The molecule has 0 heterocycles. The summed E-state index contributed by atoms with van der Waals surface area (Å²) in [4.78, 5) is 23.8. The third-order valence-electron chi connectivity index (χ3n) is 3.50. The number of carbonyl (C=O) groups excluding carboxylic acids is 2. The molecule has 0 saturated heterocycles. The second-order valence-corrected chi connectivity index (χ2v) is 4.93. The molecule has 0 bridgehead atoms. The smallest absolute Gasteiger partial charge is 0.337 e. The first-order valence-electron chi connectivity index (χ1n) is 7.20. The van der Waals surface area contributed by atoms with Crippen LogP contribution in [0.5, 0.6) is 0 Å². The molecule has 2 rings (SSSR count). The minimum absolute atomic E-state index is 0.0560. The molecule has 0 aliphatic carbocycles. The monoisotopic (exact) mass is 297 g/mol. The van der Waals surface area contributed by atoms with Gasteiger partial charge in [-0.1, -0.05) is 37.3 Å². The molecule has 0 saturated carbocycles. The van der Waals surface area contributed by atoms with Gasteiger partial charge in [-0.15, -0.1) is 0 Å². The predicted octanol–water partition coefficient (Wildman–Crippen LogP) is 3.61. The molecule has 2 aromatic rings. The van der Waals surface area contributed by atoms with Crippen molar-refractivity contribution < 1.29 is 14.3 Å². The van der Waals surface area contributed by atoms with Crippen molar-refractivity contribution in [1.29, 1.82) is 0 Å². The van der Waals surface area contributed by atoms with Crippen molar-refractivity contribution in [3.05, 3.63) is 65.7 Å². The molecule has 2 aromatic carbocycles. The normalized spacial score (nSPS) is 11.5. The van der Waals surface area contributed by atoms with Gasteiger partial charge in [-0.25, -0.2) is 4.79 Å². The van der Waals surface area contributed by atoms with E-state index in [9.17, 15) is 9.59 Å². The van der Waals surface area contributed by atoms with Crippen LogP contribution in [0.3, 0.4) is 0 Å². The summed E-state index contributed by atoms with van der Waals surface area (Å²) in [6.07, 6.45) is 0.718. The van der Waals surface area contributed by atoms with E-state index in [0.717, 1.165) is 12.0 Å². The Morgan fingerprint density at radius 3 is 2.23 bits per heavy atom. The Morgan fingerprint density at radius 1 is 1.05 bits per heavy atom. The third kappa shape index (κ3) is 3.73. The van der Waals surface area contributed by atoms with Gasteiger partial charge in [0, 0.05) is 5.69 Å². The van der Waals surface area contributed by atoms with Crippen LogP contribution in [0, 0.1) is 0 Å². The molecular formula is C18H19NO3. The van der Waals surface area contributed by atoms with Crippen LogP contribution < -0.4 is 5.32 Å². The van der Waals surface area contributed by atoms with Gasteiger partial charge in [0.2, 0.25) is 5.91 Å². The van der Waals surface area contributed by atoms with Crippen LogP contribution in [0.25, 0.3) is 0 Å². The van der Waals surface area contributed by atoms with E-state index in [1.165, 1.54) is 7.11 Å². The average molecular weight is 297 g/mol. The zero-order valence-electron chi connectivity index (χ0n) is 12.7. The average Bonchev–Trinajstić information content (AvgIpc) is 2.56. The van der Waals surface area contributed by atoms with Crippen molar-refractivity contribution in [2.45, 2.75) is 19.3 Å². The van der Waals surface area contributed by atoms with Crippen LogP contribution in [0.15, 0.2) is 54.6 Å². The number of hydrogen-bond donors (Lipinski definition) is 1. The molecular weight excluding hydrogens is 278 g/mol. The summed E-state index contributed by atoms with van der Waals surface area (Å²) in [6, 6.07) is 16.3. The van der Waals surface area contributed by atoms with Crippen LogP contribution in [0.1, 0.15) is 35.2 Å². The quantitative estimate of drug-likeness (QED) is 0.858. The highest BCUT2D eigenvalue weighted by Crippen LogP contribution is 2.21. The lowest BCUT2D eigenvalue weighted by atomic mass is 9.95. The zero-order valence-corrected chi connectivity index (χ0v) is 12.7. The lowest BCUT2D eigenvalue weighted by Gasteiger charge is -2.15. The summed E-state index contributed by atoms with van der Waals surface area (Å²) in [5.74, 6) is -0.644. The van der Waals surface area contributed by atoms with E-state index >= 15 is 0 Å². The number of methoxy groups -OCH3 is 1. The minimum Gasteiger partial charge on any atom is -0.465 e. The summed E-state index contributed by atoms with van der Waals surface area (Å²) in [6.45, 7) is 1.98. The maximum Gasteiger partial charge on any atom is 0.337 e. The van der Waals surface area contributed by atoms with Crippen LogP contribution in [0.2, 0.25) is 0 Å². The summed E-state index contributed by atoms with van der Waals surface area (Å²) < 4.78 is 4.64. The molecule has 4 nitrogen and oxygen atoms in total. The molecule has 0 aromatic heterocycles. The molecule has 0 aliphatic rings. The fraction of sp³-hybridized carbons (Fsp3) is 0.222. The predicted molar refractivity (Wildman–Crippen MR) is 85.9 cm³/mol. The molecule has 1 unspecified atom stereocenters. The maximum absolute atomic E-state index is 12.4. The second-order valence-electron chi connectivity index (χ2n) is 4.93. The van der Waals surface area contributed by atoms with Gasteiger partial charge in [-0.3, -0.25) is 4.79 Å². The maximum atomic E-state index is 12.4. The Labute approximate surface area is 130 Å². The van der Waals surface area contributed by atoms with E-state index in [1.807, 2.05) is 37.3 Å². The summed E-state index contributed by atoms with van der Waals surface area (Å²) in [7, 11) is 1.34. The molecule has 1 N–H and O–H groups in total. The molecule has 114 valence electrons.